The van der Waals surface area contributed by atoms with Crippen LogP contribution in [0.5, 0.6) is 0 Å². The number of H-pyrrole nitrogens is 2. The van der Waals surface area contributed by atoms with Crippen molar-refractivity contribution in [2.75, 3.05) is 11.1 Å². The monoisotopic (exact) mass is 335 g/mol. The number of nitrogens with one attached hydrogen (secondary N) is 3. The minimum Gasteiger partial charge on any atom is -0.339 e. The maximum atomic E-state index is 11.9. The van der Waals surface area contributed by atoms with E-state index in [1.165, 1.54) is 6.33 Å². The number of hydrogen-bond acceptors (Lipinski definition) is 5. The number of amides is 1. The second-order valence-electron chi connectivity index (χ2n) is 4.32. The second-order valence-corrected chi connectivity index (χ2v) is 5.72. The Bertz CT molecular complexity index is 874. The van der Waals surface area contributed by atoms with E-state index in [4.69, 9.17) is 11.6 Å². The van der Waals surface area contributed by atoms with E-state index in [1.807, 2.05) is 0 Å². The normalized spacial score (nSPS) is 10.8. The standard InChI is InChI=1S/C13H10ClN5O2S/c14-7-1-3-8(4-2-7)17-9(20)5-22-13-18-11-10(12(21)19-13)15-6-16-11/h1-4,6H,5H2,(H,17,20)(H2,15,16,18,19,21). The molecular formula is C13H10ClN5O2S. The number of halogens is 1. The van der Waals surface area contributed by atoms with Crippen LogP contribution in [0.1, 0.15) is 0 Å². The summed E-state index contributed by atoms with van der Waals surface area (Å²) in [6.45, 7) is 0. The summed E-state index contributed by atoms with van der Waals surface area (Å²) >= 11 is 6.90. The zero-order chi connectivity index (χ0) is 15.5. The highest BCUT2D eigenvalue weighted by Gasteiger charge is 2.09. The summed E-state index contributed by atoms with van der Waals surface area (Å²) < 4.78 is 0. The van der Waals surface area contributed by atoms with Crippen LogP contribution in [0.4, 0.5) is 5.69 Å². The van der Waals surface area contributed by atoms with Crippen molar-refractivity contribution < 1.29 is 4.79 Å². The average Bonchev–Trinajstić information content (AvgIpc) is 2.97. The van der Waals surface area contributed by atoms with E-state index in [2.05, 4.69) is 25.3 Å². The number of benzene rings is 1. The molecule has 2 aromatic heterocycles. The highest BCUT2D eigenvalue weighted by atomic mass is 35.5. The third kappa shape index (κ3) is 3.29. The van der Waals surface area contributed by atoms with E-state index < -0.39 is 0 Å². The van der Waals surface area contributed by atoms with Crippen LogP contribution in [-0.4, -0.2) is 31.6 Å². The Hall–Kier alpha value is -2.32. The third-order valence-corrected chi connectivity index (χ3v) is 3.87. The van der Waals surface area contributed by atoms with E-state index in [9.17, 15) is 9.59 Å². The summed E-state index contributed by atoms with van der Waals surface area (Å²) in [6, 6.07) is 6.80. The van der Waals surface area contributed by atoms with Gasteiger partial charge in [-0.1, -0.05) is 23.4 Å². The van der Waals surface area contributed by atoms with E-state index in [1.54, 1.807) is 24.3 Å². The summed E-state index contributed by atoms with van der Waals surface area (Å²) in [5, 5.41) is 3.67. The number of nitrogens with zero attached hydrogens (tertiary/aromatic N) is 2. The predicted molar refractivity (Wildman–Crippen MR) is 85.3 cm³/mol. The molecule has 0 atom stereocenters. The van der Waals surface area contributed by atoms with Gasteiger partial charge in [0.2, 0.25) is 5.91 Å². The molecule has 0 saturated carbocycles. The third-order valence-electron chi connectivity index (χ3n) is 2.74. The number of thioether (sulfide) groups is 1. The number of hydrogen-bond donors (Lipinski definition) is 3. The Labute approximate surface area is 133 Å². The summed E-state index contributed by atoms with van der Waals surface area (Å²) in [6.07, 6.45) is 1.40. The molecule has 0 aliphatic rings. The lowest BCUT2D eigenvalue weighted by atomic mass is 10.3. The van der Waals surface area contributed by atoms with Gasteiger partial charge >= 0.3 is 0 Å². The quantitative estimate of drug-likeness (QED) is 0.500. The lowest BCUT2D eigenvalue weighted by molar-refractivity contribution is -0.113. The summed E-state index contributed by atoms with van der Waals surface area (Å²) in [5.74, 6) is -0.0984. The first-order chi connectivity index (χ1) is 10.6. The van der Waals surface area contributed by atoms with E-state index in [0.29, 0.717) is 27.0 Å². The first kappa shape index (κ1) is 14.6. The van der Waals surface area contributed by atoms with Gasteiger partial charge in [0.25, 0.3) is 5.56 Å². The van der Waals surface area contributed by atoms with E-state index in [-0.39, 0.29) is 17.2 Å². The Morgan fingerprint density at radius 1 is 1.32 bits per heavy atom. The molecule has 3 aromatic rings. The molecule has 0 aliphatic carbocycles. The number of anilines is 1. The molecule has 1 amide bonds. The lowest BCUT2D eigenvalue weighted by Gasteiger charge is -2.04. The molecule has 2 heterocycles. The summed E-state index contributed by atoms with van der Waals surface area (Å²) in [7, 11) is 0. The second kappa shape index (κ2) is 6.20. The number of carbonyl (C=O) groups excluding carboxylic acids is 1. The van der Waals surface area contributed by atoms with Crippen molar-refractivity contribution in [3.05, 3.63) is 46.0 Å². The smallest absolute Gasteiger partial charge is 0.277 e. The van der Waals surface area contributed by atoms with Gasteiger partial charge in [0.1, 0.15) is 0 Å². The van der Waals surface area contributed by atoms with Crippen LogP contribution < -0.4 is 10.9 Å². The molecule has 3 rings (SSSR count). The minimum absolute atomic E-state index is 0.113. The molecule has 7 nitrogen and oxygen atoms in total. The fourth-order valence-electron chi connectivity index (χ4n) is 1.76. The van der Waals surface area contributed by atoms with Gasteiger partial charge in [-0.2, -0.15) is 0 Å². The maximum Gasteiger partial charge on any atom is 0.277 e. The van der Waals surface area contributed by atoms with Gasteiger partial charge in [0, 0.05) is 10.7 Å². The van der Waals surface area contributed by atoms with Crippen LogP contribution >= 0.6 is 23.4 Å². The zero-order valence-electron chi connectivity index (χ0n) is 11.1. The SMILES string of the molecule is O=C(CSc1nc2nc[nH]c2c(=O)[nH]1)Nc1ccc(Cl)cc1. The van der Waals surface area contributed by atoms with Gasteiger partial charge in [0.15, 0.2) is 16.3 Å². The van der Waals surface area contributed by atoms with Crippen molar-refractivity contribution in [1.29, 1.82) is 0 Å². The highest BCUT2D eigenvalue weighted by molar-refractivity contribution is 7.99. The fourth-order valence-corrected chi connectivity index (χ4v) is 2.54. The first-order valence-corrected chi connectivity index (χ1v) is 7.60. The topological polar surface area (TPSA) is 104 Å². The van der Waals surface area contributed by atoms with Crippen molar-refractivity contribution in [2.45, 2.75) is 5.16 Å². The van der Waals surface area contributed by atoms with Crippen molar-refractivity contribution in [3.8, 4) is 0 Å². The van der Waals surface area contributed by atoms with Crippen LogP contribution in [0.15, 0.2) is 40.5 Å². The molecule has 3 N–H and O–H groups in total. The Balaban J connectivity index is 1.64. The van der Waals surface area contributed by atoms with E-state index in [0.717, 1.165) is 11.8 Å². The molecule has 0 saturated heterocycles. The Kier molecular flexibility index (Phi) is 4.12. The van der Waals surface area contributed by atoms with Gasteiger partial charge < -0.3 is 10.3 Å². The maximum absolute atomic E-state index is 11.9. The van der Waals surface area contributed by atoms with Crippen molar-refractivity contribution >= 4 is 46.1 Å². The zero-order valence-corrected chi connectivity index (χ0v) is 12.7. The molecule has 0 spiro atoms. The molecule has 22 heavy (non-hydrogen) atoms. The fraction of sp³-hybridized carbons (Fsp3) is 0.0769. The number of fused-ring (bicyclic) bond motifs is 1. The molecule has 0 fully saturated rings. The van der Waals surface area contributed by atoms with E-state index >= 15 is 0 Å². The number of imidazole rings is 1. The van der Waals surface area contributed by atoms with Crippen molar-refractivity contribution in [1.82, 2.24) is 19.9 Å². The van der Waals surface area contributed by atoms with Gasteiger partial charge in [-0.25, -0.2) is 9.97 Å². The summed E-state index contributed by atoms with van der Waals surface area (Å²) in [5.41, 5.74) is 0.974. The molecule has 9 heteroatoms. The van der Waals surface area contributed by atoms with Crippen LogP contribution in [-0.2, 0) is 4.79 Å². The molecule has 0 bridgehead atoms. The lowest BCUT2D eigenvalue weighted by Crippen LogP contribution is -2.15. The van der Waals surface area contributed by atoms with Crippen LogP contribution in [0, 0.1) is 0 Å². The molecule has 0 radical (unpaired) electrons. The van der Waals surface area contributed by atoms with Crippen LogP contribution in [0.25, 0.3) is 11.2 Å². The average molecular weight is 336 g/mol. The largest absolute Gasteiger partial charge is 0.339 e. The minimum atomic E-state index is -0.317. The van der Waals surface area contributed by atoms with Crippen molar-refractivity contribution in [2.24, 2.45) is 0 Å². The van der Waals surface area contributed by atoms with Gasteiger partial charge in [-0.3, -0.25) is 14.6 Å². The Morgan fingerprint density at radius 2 is 2.09 bits per heavy atom. The number of aromatic nitrogens is 4. The number of rotatable bonds is 4. The predicted octanol–water partition coefficient (Wildman–Crippen LogP) is 2.03. The molecule has 0 aliphatic heterocycles. The van der Waals surface area contributed by atoms with Crippen molar-refractivity contribution in [3.63, 3.8) is 0 Å². The highest BCUT2D eigenvalue weighted by Crippen LogP contribution is 2.16. The van der Waals surface area contributed by atoms with Gasteiger partial charge in [-0.15, -0.1) is 0 Å². The summed E-state index contributed by atoms with van der Waals surface area (Å²) in [4.78, 5) is 37.0. The van der Waals surface area contributed by atoms with Gasteiger partial charge in [0.05, 0.1) is 12.1 Å². The number of carbonyl (C=O) groups is 1. The molecular weight excluding hydrogens is 326 g/mol. The van der Waals surface area contributed by atoms with Crippen LogP contribution in [0.2, 0.25) is 5.02 Å². The molecule has 0 unspecified atom stereocenters. The molecule has 112 valence electrons. The number of aromatic amines is 2. The van der Waals surface area contributed by atoms with Crippen LogP contribution in [0.3, 0.4) is 0 Å². The first-order valence-electron chi connectivity index (χ1n) is 6.23. The molecule has 1 aromatic carbocycles. The van der Waals surface area contributed by atoms with Gasteiger partial charge in [-0.05, 0) is 24.3 Å². The Morgan fingerprint density at radius 3 is 2.86 bits per heavy atom.